The van der Waals surface area contributed by atoms with Crippen LogP contribution in [0.15, 0.2) is 83.8 Å². The summed E-state index contributed by atoms with van der Waals surface area (Å²) in [4.78, 5) is 28.6. The monoisotopic (exact) mass is 569 g/mol. The van der Waals surface area contributed by atoms with Crippen molar-refractivity contribution in [3.05, 3.63) is 95.0 Å². The second-order valence-corrected chi connectivity index (χ2v) is 11.7. The molecule has 1 N–H and O–H groups in total. The normalized spacial score (nSPS) is 12.8. The lowest BCUT2D eigenvalue weighted by Gasteiger charge is -2.33. The zero-order valence-corrected chi connectivity index (χ0v) is 24.4. The van der Waals surface area contributed by atoms with Gasteiger partial charge in [0.15, 0.2) is 0 Å². The Kier molecular flexibility index (Phi) is 10.5. The summed E-state index contributed by atoms with van der Waals surface area (Å²) in [5, 5.41) is 3.38. The molecule has 3 aromatic rings. The molecule has 0 saturated carbocycles. The molecule has 0 radical (unpaired) electrons. The second kappa shape index (κ2) is 13.6. The molecular weight excluding hydrogens is 534 g/mol. The molecule has 2 atom stereocenters. The lowest BCUT2D eigenvalue weighted by Crippen LogP contribution is -2.52. The zero-order valence-electron chi connectivity index (χ0n) is 22.8. The third-order valence-corrected chi connectivity index (χ3v) is 8.86. The number of aryl methyl sites for hydroxylation is 1. The molecule has 39 heavy (non-hydrogen) atoms. The van der Waals surface area contributed by atoms with E-state index < -0.39 is 28.5 Å². The van der Waals surface area contributed by atoms with Gasteiger partial charge in [0, 0.05) is 17.6 Å². The summed E-state index contributed by atoms with van der Waals surface area (Å²) in [6, 6.07) is 21.3. The van der Waals surface area contributed by atoms with Gasteiger partial charge in [-0.25, -0.2) is 8.42 Å². The van der Waals surface area contributed by atoms with E-state index in [4.69, 9.17) is 11.6 Å². The van der Waals surface area contributed by atoms with Crippen LogP contribution in [0.4, 0.5) is 5.69 Å². The van der Waals surface area contributed by atoms with Gasteiger partial charge in [0.05, 0.1) is 10.6 Å². The maximum atomic E-state index is 14.0. The minimum absolute atomic E-state index is 0.0439. The number of nitrogens with one attached hydrogen (secondary N) is 1. The van der Waals surface area contributed by atoms with Crippen molar-refractivity contribution in [3.8, 4) is 0 Å². The smallest absolute Gasteiger partial charge is 0.264 e. The fourth-order valence-electron chi connectivity index (χ4n) is 4.14. The summed E-state index contributed by atoms with van der Waals surface area (Å²) in [7, 11) is -4.11. The number of anilines is 1. The van der Waals surface area contributed by atoms with Gasteiger partial charge in [0.1, 0.15) is 12.6 Å². The molecule has 0 aliphatic heterocycles. The number of para-hydroxylation sites is 1. The van der Waals surface area contributed by atoms with Crippen molar-refractivity contribution in [2.75, 3.05) is 10.8 Å². The van der Waals surface area contributed by atoms with E-state index in [1.807, 2.05) is 32.9 Å². The van der Waals surface area contributed by atoms with Gasteiger partial charge in [0.2, 0.25) is 11.8 Å². The van der Waals surface area contributed by atoms with Crippen molar-refractivity contribution in [2.45, 2.75) is 64.1 Å². The van der Waals surface area contributed by atoms with Crippen molar-refractivity contribution >= 4 is 39.1 Å². The average Bonchev–Trinajstić information content (AvgIpc) is 2.95. The van der Waals surface area contributed by atoms with Crippen LogP contribution < -0.4 is 9.62 Å². The summed E-state index contributed by atoms with van der Waals surface area (Å²) >= 11 is 6.41. The van der Waals surface area contributed by atoms with Crippen LogP contribution in [0.2, 0.25) is 5.02 Å². The highest BCUT2D eigenvalue weighted by Crippen LogP contribution is 2.28. The maximum Gasteiger partial charge on any atom is 0.264 e. The van der Waals surface area contributed by atoms with Crippen LogP contribution >= 0.6 is 11.6 Å². The van der Waals surface area contributed by atoms with Crippen molar-refractivity contribution < 1.29 is 18.0 Å². The van der Waals surface area contributed by atoms with Crippen molar-refractivity contribution in [2.24, 2.45) is 0 Å². The Labute approximate surface area is 236 Å². The van der Waals surface area contributed by atoms with E-state index in [0.717, 1.165) is 16.3 Å². The minimum atomic E-state index is -4.11. The number of hydrogen-bond donors (Lipinski definition) is 1. The molecule has 0 aliphatic rings. The Morgan fingerprint density at radius 1 is 0.872 bits per heavy atom. The fourth-order valence-corrected chi connectivity index (χ4v) is 5.81. The summed E-state index contributed by atoms with van der Waals surface area (Å²) in [5.41, 5.74) is 1.86. The van der Waals surface area contributed by atoms with Crippen molar-refractivity contribution in [1.29, 1.82) is 0 Å². The summed E-state index contributed by atoms with van der Waals surface area (Å²) in [6.07, 6.45) is 1.30. The standard InChI is InChI=1S/C30H36ClN3O4S/c1-5-22(3)32-30(36)23(4)33(20-25-15-10-12-18-27(25)31)29(35)21-34(28-19-13-11-14-24(28)6-2)39(37,38)26-16-8-7-9-17-26/h7-19,22-23H,5-6,20-21H2,1-4H3,(H,32,36)/t22-,23+/m1/s1. The molecule has 0 fully saturated rings. The zero-order chi connectivity index (χ0) is 28.6. The van der Waals surface area contributed by atoms with Gasteiger partial charge < -0.3 is 10.2 Å². The number of sulfonamides is 1. The molecule has 7 nitrogen and oxygen atoms in total. The van der Waals surface area contributed by atoms with Crippen LogP contribution in [-0.4, -0.2) is 43.8 Å². The quantitative estimate of drug-likeness (QED) is 0.315. The van der Waals surface area contributed by atoms with Crippen LogP contribution in [0, 0.1) is 0 Å². The number of rotatable bonds is 12. The van der Waals surface area contributed by atoms with Crippen LogP contribution in [0.5, 0.6) is 0 Å². The summed E-state index contributed by atoms with van der Waals surface area (Å²) < 4.78 is 29.0. The van der Waals surface area contributed by atoms with E-state index in [9.17, 15) is 18.0 Å². The SMILES string of the molecule is CCc1ccccc1N(CC(=O)N(Cc1ccccc1Cl)[C@@H](C)C(=O)N[C@H](C)CC)S(=O)(=O)c1ccccc1. The Bertz CT molecular complexity index is 1380. The second-order valence-electron chi connectivity index (χ2n) is 9.41. The number of hydrogen-bond acceptors (Lipinski definition) is 4. The fraction of sp³-hybridized carbons (Fsp3) is 0.333. The molecule has 0 spiro atoms. The van der Waals surface area contributed by atoms with Gasteiger partial charge in [-0.2, -0.15) is 0 Å². The Hall–Kier alpha value is -3.36. The van der Waals surface area contributed by atoms with E-state index in [1.54, 1.807) is 61.5 Å². The van der Waals surface area contributed by atoms with Gasteiger partial charge in [-0.15, -0.1) is 0 Å². The molecule has 0 unspecified atom stereocenters. The molecule has 0 heterocycles. The van der Waals surface area contributed by atoms with Crippen LogP contribution in [0.25, 0.3) is 0 Å². The van der Waals surface area contributed by atoms with Gasteiger partial charge in [-0.05, 0) is 62.1 Å². The van der Waals surface area contributed by atoms with Gasteiger partial charge in [-0.3, -0.25) is 13.9 Å². The molecule has 2 amide bonds. The molecule has 0 aromatic heterocycles. The molecule has 0 aliphatic carbocycles. The predicted octanol–water partition coefficient (Wildman–Crippen LogP) is 5.43. The summed E-state index contributed by atoms with van der Waals surface area (Å²) in [5.74, 6) is -0.844. The molecule has 3 rings (SSSR count). The number of carbonyl (C=O) groups excluding carboxylic acids is 2. The number of carbonyl (C=O) groups is 2. The maximum absolute atomic E-state index is 14.0. The van der Waals surface area contributed by atoms with Gasteiger partial charge >= 0.3 is 0 Å². The number of nitrogens with zero attached hydrogens (tertiary/aromatic N) is 2. The Morgan fingerprint density at radius 2 is 1.46 bits per heavy atom. The van der Waals surface area contributed by atoms with E-state index in [2.05, 4.69) is 5.32 Å². The number of benzene rings is 3. The molecular formula is C30H36ClN3O4S. The lowest BCUT2D eigenvalue weighted by atomic mass is 10.1. The van der Waals surface area contributed by atoms with Crippen LogP contribution in [-0.2, 0) is 32.6 Å². The first-order valence-corrected chi connectivity index (χ1v) is 14.9. The lowest BCUT2D eigenvalue weighted by molar-refractivity contribution is -0.139. The largest absolute Gasteiger partial charge is 0.352 e. The third kappa shape index (κ3) is 7.40. The molecule has 0 saturated heterocycles. The van der Waals surface area contributed by atoms with Crippen LogP contribution in [0.1, 0.15) is 45.2 Å². The molecule has 3 aromatic carbocycles. The van der Waals surface area contributed by atoms with E-state index in [0.29, 0.717) is 22.7 Å². The molecule has 9 heteroatoms. The Balaban J connectivity index is 2.06. The summed E-state index contributed by atoms with van der Waals surface area (Å²) in [6.45, 7) is 6.98. The van der Waals surface area contributed by atoms with Crippen molar-refractivity contribution in [3.63, 3.8) is 0 Å². The average molecular weight is 570 g/mol. The number of amides is 2. The van der Waals surface area contributed by atoms with E-state index in [1.165, 1.54) is 17.0 Å². The van der Waals surface area contributed by atoms with E-state index in [-0.39, 0.29) is 23.4 Å². The van der Waals surface area contributed by atoms with Gasteiger partial charge in [-0.1, -0.05) is 80.0 Å². The highest BCUT2D eigenvalue weighted by Gasteiger charge is 2.33. The highest BCUT2D eigenvalue weighted by molar-refractivity contribution is 7.92. The minimum Gasteiger partial charge on any atom is -0.352 e. The Morgan fingerprint density at radius 3 is 2.08 bits per heavy atom. The van der Waals surface area contributed by atoms with Gasteiger partial charge in [0.25, 0.3) is 10.0 Å². The predicted molar refractivity (Wildman–Crippen MR) is 156 cm³/mol. The first kappa shape index (κ1) is 30.2. The molecule has 208 valence electrons. The first-order chi connectivity index (χ1) is 18.6. The topological polar surface area (TPSA) is 86.8 Å². The first-order valence-electron chi connectivity index (χ1n) is 13.1. The van der Waals surface area contributed by atoms with Crippen molar-refractivity contribution in [1.82, 2.24) is 10.2 Å². The number of halogens is 1. The third-order valence-electron chi connectivity index (χ3n) is 6.72. The highest BCUT2D eigenvalue weighted by atomic mass is 35.5. The van der Waals surface area contributed by atoms with E-state index >= 15 is 0 Å². The molecule has 0 bridgehead atoms. The van der Waals surface area contributed by atoms with Crippen LogP contribution in [0.3, 0.4) is 0 Å².